The Bertz CT molecular complexity index is 757. The van der Waals surface area contributed by atoms with E-state index in [4.69, 9.17) is 0 Å². The van der Waals surface area contributed by atoms with Gasteiger partial charge in [0.15, 0.2) is 0 Å². The van der Waals surface area contributed by atoms with Gasteiger partial charge in [0.25, 0.3) is 0 Å². The van der Waals surface area contributed by atoms with Crippen molar-refractivity contribution < 1.29 is 0 Å². The molecule has 1 aromatic carbocycles. The molecule has 1 nitrogen and oxygen atoms in total. The Kier molecular flexibility index (Phi) is 5.61. The number of benzene rings is 1. The predicted molar refractivity (Wildman–Crippen MR) is 109 cm³/mol. The lowest BCUT2D eigenvalue weighted by molar-refractivity contribution is 1.18. The SMILES string of the molecule is C[Si]1(C)C=CC=C1c1cccnc1.Cc1cc(C)c(C)c(C)c1C. The molecule has 0 saturated carbocycles. The highest BCUT2D eigenvalue weighted by atomic mass is 28.3. The Labute approximate surface area is 148 Å². The normalized spacial score (nSPS) is 14.9. The first-order valence-corrected chi connectivity index (χ1v) is 11.7. The molecule has 2 heterocycles. The second-order valence-corrected chi connectivity index (χ2v) is 11.6. The molecule has 126 valence electrons. The van der Waals surface area contributed by atoms with Crippen LogP contribution < -0.4 is 0 Å². The summed E-state index contributed by atoms with van der Waals surface area (Å²) in [5, 5.41) is 1.49. The van der Waals surface area contributed by atoms with Crippen molar-refractivity contribution in [3.63, 3.8) is 0 Å². The highest BCUT2D eigenvalue weighted by Gasteiger charge is 2.26. The Morgan fingerprint density at radius 2 is 1.50 bits per heavy atom. The van der Waals surface area contributed by atoms with Gasteiger partial charge in [-0.2, -0.15) is 0 Å². The lowest BCUT2D eigenvalue weighted by Gasteiger charge is -2.18. The Balaban J connectivity index is 0.000000177. The van der Waals surface area contributed by atoms with E-state index < -0.39 is 8.07 Å². The van der Waals surface area contributed by atoms with E-state index in [0.717, 1.165) is 0 Å². The fraction of sp³-hybridized carbons (Fsp3) is 0.318. The molecule has 2 heteroatoms. The quantitative estimate of drug-likeness (QED) is 0.578. The lowest BCUT2D eigenvalue weighted by Crippen LogP contribution is -2.22. The van der Waals surface area contributed by atoms with E-state index in [1.807, 2.05) is 18.5 Å². The summed E-state index contributed by atoms with van der Waals surface area (Å²) in [6.07, 6.45) is 8.17. The summed E-state index contributed by atoms with van der Waals surface area (Å²) in [4.78, 5) is 4.15. The highest BCUT2D eigenvalue weighted by Crippen LogP contribution is 2.30. The van der Waals surface area contributed by atoms with Crippen molar-refractivity contribution in [1.82, 2.24) is 4.98 Å². The molecular formula is C22H29NSi. The summed E-state index contributed by atoms with van der Waals surface area (Å²) in [5.74, 6) is 0. The third-order valence-corrected chi connectivity index (χ3v) is 8.05. The maximum atomic E-state index is 4.15. The zero-order valence-electron chi connectivity index (χ0n) is 16.1. The number of aryl methyl sites for hydroxylation is 2. The van der Waals surface area contributed by atoms with Gasteiger partial charge in [-0.15, -0.1) is 0 Å². The second kappa shape index (κ2) is 7.31. The third kappa shape index (κ3) is 3.93. The fourth-order valence-corrected chi connectivity index (χ4v) is 5.27. The van der Waals surface area contributed by atoms with Crippen LogP contribution in [0.15, 0.2) is 48.4 Å². The molecule has 0 atom stereocenters. The van der Waals surface area contributed by atoms with Crippen LogP contribution >= 0.6 is 0 Å². The topological polar surface area (TPSA) is 12.9 Å². The van der Waals surface area contributed by atoms with Gasteiger partial charge < -0.3 is 0 Å². The van der Waals surface area contributed by atoms with Gasteiger partial charge in [-0.25, -0.2) is 0 Å². The summed E-state index contributed by atoms with van der Waals surface area (Å²) in [7, 11) is -1.27. The van der Waals surface area contributed by atoms with Crippen molar-refractivity contribution in [2.75, 3.05) is 0 Å². The molecule has 0 unspecified atom stereocenters. The molecular weight excluding hydrogens is 306 g/mol. The van der Waals surface area contributed by atoms with Crippen LogP contribution in [0.1, 0.15) is 33.4 Å². The van der Waals surface area contributed by atoms with E-state index in [1.165, 1.54) is 38.6 Å². The zero-order valence-corrected chi connectivity index (χ0v) is 17.1. The average molecular weight is 336 g/mol. The molecule has 1 aliphatic heterocycles. The van der Waals surface area contributed by atoms with Gasteiger partial charge in [-0.05, 0) is 79.3 Å². The molecule has 1 aliphatic rings. The van der Waals surface area contributed by atoms with Crippen molar-refractivity contribution in [2.24, 2.45) is 0 Å². The van der Waals surface area contributed by atoms with Gasteiger partial charge in [0.2, 0.25) is 0 Å². The van der Waals surface area contributed by atoms with E-state index in [0.29, 0.717) is 0 Å². The van der Waals surface area contributed by atoms with E-state index in [-0.39, 0.29) is 0 Å². The number of aromatic nitrogens is 1. The van der Waals surface area contributed by atoms with E-state index >= 15 is 0 Å². The van der Waals surface area contributed by atoms with Crippen LogP contribution in [0.25, 0.3) is 5.20 Å². The van der Waals surface area contributed by atoms with Crippen molar-refractivity contribution in [3.8, 4) is 0 Å². The lowest BCUT2D eigenvalue weighted by atomic mass is 9.96. The largest absolute Gasteiger partial charge is 0.264 e. The van der Waals surface area contributed by atoms with Crippen LogP contribution in [0.3, 0.4) is 0 Å². The van der Waals surface area contributed by atoms with Crippen LogP contribution in [-0.4, -0.2) is 13.1 Å². The Morgan fingerprint density at radius 1 is 0.875 bits per heavy atom. The van der Waals surface area contributed by atoms with Crippen molar-refractivity contribution in [2.45, 2.75) is 47.7 Å². The molecule has 0 fully saturated rings. The molecule has 3 rings (SSSR count). The molecule has 0 amide bonds. The monoisotopic (exact) mass is 335 g/mol. The van der Waals surface area contributed by atoms with E-state index in [2.05, 4.69) is 82.7 Å². The van der Waals surface area contributed by atoms with Gasteiger partial charge in [0, 0.05) is 12.4 Å². The van der Waals surface area contributed by atoms with E-state index in [9.17, 15) is 0 Å². The highest BCUT2D eigenvalue weighted by molar-refractivity contribution is 6.99. The van der Waals surface area contributed by atoms with Gasteiger partial charge in [-0.3, -0.25) is 4.98 Å². The maximum absolute atomic E-state index is 4.15. The number of rotatable bonds is 1. The van der Waals surface area contributed by atoms with E-state index in [1.54, 1.807) is 0 Å². The van der Waals surface area contributed by atoms with Crippen LogP contribution in [0.2, 0.25) is 13.1 Å². The van der Waals surface area contributed by atoms with Crippen LogP contribution in [-0.2, 0) is 0 Å². The minimum Gasteiger partial charge on any atom is -0.264 e. The first kappa shape index (κ1) is 18.4. The summed E-state index contributed by atoms with van der Waals surface area (Å²) in [6.45, 7) is 15.6. The summed E-state index contributed by atoms with van der Waals surface area (Å²) < 4.78 is 0. The molecule has 0 saturated heterocycles. The van der Waals surface area contributed by atoms with Crippen molar-refractivity contribution in [1.29, 1.82) is 0 Å². The smallest absolute Gasteiger partial charge is 0.105 e. The van der Waals surface area contributed by atoms with Gasteiger partial charge in [-0.1, -0.05) is 43.1 Å². The number of pyridine rings is 1. The number of hydrogen-bond acceptors (Lipinski definition) is 1. The molecule has 1 aromatic heterocycles. The zero-order chi connectivity index (χ0) is 17.9. The number of hydrogen-bond donors (Lipinski definition) is 0. The first-order chi connectivity index (χ1) is 11.2. The number of allylic oxidation sites excluding steroid dienone is 2. The molecule has 0 spiro atoms. The molecule has 2 aromatic rings. The molecule has 0 bridgehead atoms. The van der Waals surface area contributed by atoms with Gasteiger partial charge in [0.1, 0.15) is 8.07 Å². The van der Waals surface area contributed by atoms with Crippen molar-refractivity contribution >= 4 is 13.3 Å². The first-order valence-electron chi connectivity index (χ1n) is 8.58. The molecule has 24 heavy (non-hydrogen) atoms. The number of nitrogens with zero attached hydrogens (tertiary/aromatic N) is 1. The Hall–Kier alpha value is -1.93. The van der Waals surface area contributed by atoms with Crippen LogP contribution in [0.5, 0.6) is 0 Å². The minimum absolute atomic E-state index is 1.27. The summed E-state index contributed by atoms with van der Waals surface area (Å²) in [5.41, 5.74) is 10.8. The van der Waals surface area contributed by atoms with Gasteiger partial charge in [0.05, 0.1) is 0 Å². The molecule has 0 aliphatic carbocycles. The van der Waals surface area contributed by atoms with Crippen molar-refractivity contribution in [3.05, 3.63) is 81.8 Å². The molecule has 0 N–H and O–H groups in total. The van der Waals surface area contributed by atoms with Crippen LogP contribution in [0, 0.1) is 34.6 Å². The Morgan fingerprint density at radius 3 is 1.96 bits per heavy atom. The third-order valence-electron chi connectivity index (χ3n) is 5.18. The summed E-state index contributed by atoms with van der Waals surface area (Å²) in [6, 6.07) is 6.40. The molecule has 0 radical (unpaired) electrons. The average Bonchev–Trinajstić information content (AvgIpc) is 2.92. The second-order valence-electron chi connectivity index (χ2n) is 7.29. The predicted octanol–water partition coefficient (Wildman–Crippen LogP) is 6.05. The minimum atomic E-state index is -1.27. The van der Waals surface area contributed by atoms with Crippen LogP contribution in [0.4, 0.5) is 0 Å². The standard InChI is InChI=1S/C11H13NSi.C11H16/c1-13(2)8-4-6-11(13)10-5-3-7-12-9-10;1-7-6-8(2)10(4)11(5)9(7)3/h3-9H,1-2H3;6H,1-5H3. The fourth-order valence-electron chi connectivity index (χ4n) is 3.09. The maximum Gasteiger partial charge on any atom is 0.105 e. The summed E-state index contributed by atoms with van der Waals surface area (Å²) >= 11 is 0. The van der Waals surface area contributed by atoms with Gasteiger partial charge >= 0.3 is 0 Å².